The van der Waals surface area contributed by atoms with Crippen molar-refractivity contribution in [2.24, 2.45) is 0 Å². The molecular weight excluding hydrogens is 374 g/mol. The first-order valence-electron chi connectivity index (χ1n) is 8.58. The van der Waals surface area contributed by atoms with Gasteiger partial charge in [-0.25, -0.2) is 4.98 Å². The van der Waals surface area contributed by atoms with Crippen molar-refractivity contribution in [3.05, 3.63) is 59.0 Å². The van der Waals surface area contributed by atoms with Crippen LogP contribution in [-0.2, 0) is 4.79 Å². The zero-order valence-corrected chi connectivity index (χ0v) is 16.5. The number of hydrogen-bond donors (Lipinski definition) is 1. The smallest absolute Gasteiger partial charge is 0.266 e. The number of benzene rings is 2. The van der Waals surface area contributed by atoms with E-state index in [1.54, 1.807) is 38.3 Å². The Morgan fingerprint density at radius 1 is 1.25 bits per heavy atom. The third kappa shape index (κ3) is 4.48. The summed E-state index contributed by atoms with van der Waals surface area (Å²) in [6, 6.07) is 14.5. The SMILES string of the molecule is COc1ccc(C)cc1-c1csc(NC(=O)C(C)Oc2ccc(C#N)cc2)n1. The number of amides is 1. The molecule has 7 heteroatoms. The zero-order chi connectivity index (χ0) is 20.1. The molecule has 0 aliphatic carbocycles. The second-order valence-corrected chi connectivity index (χ2v) is 6.99. The number of carbonyl (C=O) groups is 1. The third-order valence-electron chi connectivity index (χ3n) is 4.03. The van der Waals surface area contributed by atoms with E-state index >= 15 is 0 Å². The molecule has 1 atom stereocenters. The predicted molar refractivity (Wildman–Crippen MR) is 109 cm³/mol. The van der Waals surface area contributed by atoms with Gasteiger partial charge in [0.05, 0.1) is 24.4 Å². The second kappa shape index (κ2) is 8.55. The molecule has 1 aromatic heterocycles. The number of anilines is 1. The number of nitriles is 1. The summed E-state index contributed by atoms with van der Waals surface area (Å²) >= 11 is 1.34. The van der Waals surface area contributed by atoms with Crippen molar-refractivity contribution in [1.29, 1.82) is 5.26 Å². The minimum Gasteiger partial charge on any atom is -0.496 e. The first kappa shape index (κ1) is 19.4. The Morgan fingerprint density at radius 3 is 2.68 bits per heavy atom. The quantitative estimate of drug-likeness (QED) is 0.671. The Bertz CT molecular complexity index is 1020. The predicted octanol–water partition coefficient (Wildman–Crippen LogP) is 4.40. The Hall–Kier alpha value is -3.37. The fraction of sp³-hybridized carbons (Fsp3) is 0.190. The number of aryl methyl sites for hydroxylation is 1. The summed E-state index contributed by atoms with van der Waals surface area (Å²) in [5, 5.41) is 14.0. The van der Waals surface area contributed by atoms with Gasteiger partial charge in [-0.15, -0.1) is 11.3 Å². The summed E-state index contributed by atoms with van der Waals surface area (Å²) in [5.41, 5.74) is 3.24. The lowest BCUT2D eigenvalue weighted by molar-refractivity contribution is -0.122. The Balaban J connectivity index is 1.68. The second-order valence-electron chi connectivity index (χ2n) is 6.13. The van der Waals surface area contributed by atoms with E-state index in [0.29, 0.717) is 16.4 Å². The molecule has 0 saturated carbocycles. The van der Waals surface area contributed by atoms with Crippen LogP contribution in [0, 0.1) is 18.3 Å². The molecule has 2 aromatic carbocycles. The van der Waals surface area contributed by atoms with Gasteiger partial charge < -0.3 is 9.47 Å². The number of thiazole rings is 1. The number of nitrogens with one attached hydrogen (secondary N) is 1. The minimum absolute atomic E-state index is 0.304. The van der Waals surface area contributed by atoms with Gasteiger partial charge in [0, 0.05) is 10.9 Å². The van der Waals surface area contributed by atoms with Gasteiger partial charge in [0.15, 0.2) is 11.2 Å². The molecule has 3 rings (SSSR count). The van der Waals surface area contributed by atoms with Gasteiger partial charge >= 0.3 is 0 Å². The monoisotopic (exact) mass is 393 g/mol. The maximum absolute atomic E-state index is 12.4. The van der Waals surface area contributed by atoms with Crippen molar-refractivity contribution in [1.82, 2.24) is 4.98 Å². The highest BCUT2D eigenvalue weighted by molar-refractivity contribution is 7.14. The van der Waals surface area contributed by atoms with E-state index in [4.69, 9.17) is 14.7 Å². The third-order valence-corrected chi connectivity index (χ3v) is 4.79. The van der Waals surface area contributed by atoms with Crippen LogP contribution < -0.4 is 14.8 Å². The van der Waals surface area contributed by atoms with Gasteiger partial charge in [-0.1, -0.05) is 11.6 Å². The van der Waals surface area contributed by atoms with E-state index in [9.17, 15) is 4.79 Å². The largest absolute Gasteiger partial charge is 0.496 e. The normalized spacial score (nSPS) is 11.4. The van der Waals surface area contributed by atoms with Crippen LogP contribution in [0.25, 0.3) is 11.3 Å². The van der Waals surface area contributed by atoms with E-state index < -0.39 is 6.10 Å². The molecule has 0 fully saturated rings. The Morgan fingerprint density at radius 2 is 2.00 bits per heavy atom. The van der Waals surface area contributed by atoms with Crippen molar-refractivity contribution < 1.29 is 14.3 Å². The van der Waals surface area contributed by atoms with Gasteiger partial charge in [0.2, 0.25) is 0 Å². The van der Waals surface area contributed by atoms with Gasteiger partial charge in [-0.2, -0.15) is 5.26 Å². The van der Waals surface area contributed by atoms with Crippen molar-refractivity contribution >= 4 is 22.4 Å². The molecule has 0 aliphatic heterocycles. The molecule has 6 nitrogen and oxygen atoms in total. The molecule has 1 heterocycles. The van der Waals surface area contributed by atoms with Crippen LogP contribution in [-0.4, -0.2) is 24.1 Å². The van der Waals surface area contributed by atoms with Crippen molar-refractivity contribution in [2.75, 3.05) is 12.4 Å². The van der Waals surface area contributed by atoms with E-state index in [1.807, 2.05) is 36.6 Å². The van der Waals surface area contributed by atoms with Gasteiger partial charge in [-0.05, 0) is 50.2 Å². The van der Waals surface area contributed by atoms with Crippen LogP contribution in [0.5, 0.6) is 11.5 Å². The topological polar surface area (TPSA) is 84.2 Å². The van der Waals surface area contributed by atoms with Crippen LogP contribution in [0.3, 0.4) is 0 Å². The molecule has 0 saturated heterocycles. The maximum Gasteiger partial charge on any atom is 0.266 e. The molecule has 3 aromatic rings. The maximum atomic E-state index is 12.4. The highest BCUT2D eigenvalue weighted by Crippen LogP contribution is 2.33. The molecule has 0 aliphatic rings. The average Bonchev–Trinajstić information content (AvgIpc) is 3.16. The van der Waals surface area contributed by atoms with Crippen LogP contribution in [0.1, 0.15) is 18.1 Å². The number of hydrogen-bond acceptors (Lipinski definition) is 6. The van der Waals surface area contributed by atoms with E-state index in [-0.39, 0.29) is 5.91 Å². The number of methoxy groups -OCH3 is 1. The molecule has 0 radical (unpaired) electrons. The van der Waals surface area contributed by atoms with Crippen LogP contribution >= 0.6 is 11.3 Å². The number of rotatable bonds is 6. The van der Waals surface area contributed by atoms with Gasteiger partial charge in [-0.3, -0.25) is 10.1 Å². The molecule has 0 bridgehead atoms. The molecular formula is C21H19N3O3S. The summed E-state index contributed by atoms with van der Waals surface area (Å²) in [6.45, 7) is 3.66. The first-order chi connectivity index (χ1) is 13.5. The van der Waals surface area contributed by atoms with Crippen molar-refractivity contribution in [3.63, 3.8) is 0 Å². The molecule has 1 amide bonds. The van der Waals surface area contributed by atoms with Crippen LogP contribution in [0.2, 0.25) is 0 Å². The molecule has 142 valence electrons. The lowest BCUT2D eigenvalue weighted by Gasteiger charge is -2.13. The number of aromatic nitrogens is 1. The lowest BCUT2D eigenvalue weighted by Crippen LogP contribution is -2.30. The van der Waals surface area contributed by atoms with Crippen molar-refractivity contribution in [2.45, 2.75) is 20.0 Å². The van der Waals surface area contributed by atoms with E-state index in [0.717, 1.165) is 22.6 Å². The summed E-state index contributed by atoms with van der Waals surface area (Å²) in [5.74, 6) is 0.943. The first-order valence-corrected chi connectivity index (χ1v) is 9.46. The summed E-state index contributed by atoms with van der Waals surface area (Å²) in [6.07, 6.45) is -0.714. The standard InChI is InChI=1S/C21H19N3O3S/c1-13-4-9-19(26-3)17(10-13)18-12-28-21(23-18)24-20(25)14(2)27-16-7-5-15(11-22)6-8-16/h4-10,12,14H,1-3H3,(H,23,24,25). The summed E-state index contributed by atoms with van der Waals surface area (Å²) < 4.78 is 11.0. The zero-order valence-electron chi connectivity index (χ0n) is 15.7. The highest BCUT2D eigenvalue weighted by atomic mass is 32.1. The van der Waals surface area contributed by atoms with Gasteiger partial charge in [0.25, 0.3) is 5.91 Å². The van der Waals surface area contributed by atoms with Crippen LogP contribution in [0.15, 0.2) is 47.8 Å². The number of ether oxygens (including phenoxy) is 2. The Labute approximate surface area is 167 Å². The van der Waals surface area contributed by atoms with E-state index in [1.165, 1.54) is 11.3 Å². The molecule has 1 unspecified atom stereocenters. The minimum atomic E-state index is -0.714. The fourth-order valence-corrected chi connectivity index (χ4v) is 3.26. The summed E-state index contributed by atoms with van der Waals surface area (Å²) in [7, 11) is 1.62. The molecule has 28 heavy (non-hydrogen) atoms. The van der Waals surface area contributed by atoms with E-state index in [2.05, 4.69) is 10.3 Å². The van der Waals surface area contributed by atoms with Crippen molar-refractivity contribution in [3.8, 4) is 28.8 Å². The lowest BCUT2D eigenvalue weighted by atomic mass is 10.1. The number of nitrogens with zero attached hydrogens (tertiary/aromatic N) is 2. The van der Waals surface area contributed by atoms with Crippen LogP contribution in [0.4, 0.5) is 5.13 Å². The molecule has 0 spiro atoms. The Kier molecular flexibility index (Phi) is 5.92. The fourth-order valence-electron chi connectivity index (χ4n) is 2.55. The number of carbonyl (C=O) groups excluding carboxylic acids is 1. The average molecular weight is 393 g/mol. The summed E-state index contributed by atoms with van der Waals surface area (Å²) in [4.78, 5) is 16.9. The van der Waals surface area contributed by atoms with Gasteiger partial charge in [0.1, 0.15) is 11.5 Å². The highest BCUT2D eigenvalue weighted by Gasteiger charge is 2.17. The molecule has 1 N–H and O–H groups in total.